The molecule has 0 radical (unpaired) electrons. The van der Waals surface area contributed by atoms with Crippen molar-refractivity contribution in [1.82, 2.24) is 10.6 Å². The molecule has 6 N–H and O–H groups in total. The first-order valence-corrected chi connectivity index (χ1v) is 27.6. The number of ether oxygens (including phenoxy) is 4. The molecule has 0 unspecified atom stereocenters. The maximum Gasteiger partial charge on any atom is 0.320 e. The smallest absolute Gasteiger partial charge is 0.320 e. The summed E-state index contributed by atoms with van der Waals surface area (Å²) >= 11 is 8.38. The number of carboxylic acids is 2. The molecule has 1 heterocycles. The molecule has 0 bridgehead atoms. The maximum absolute atomic E-state index is 12.0. The van der Waals surface area contributed by atoms with Crippen LogP contribution in [0.3, 0.4) is 0 Å². The highest BCUT2D eigenvalue weighted by Crippen LogP contribution is 2.75. The van der Waals surface area contributed by atoms with Crippen LogP contribution in [0.5, 0.6) is 0 Å². The normalized spacial score (nSPS) is 13.2. The molecular weight excluding hydrogens is 903 g/mol. The Balaban J connectivity index is 0.00000399. The van der Waals surface area contributed by atoms with Crippen LogP contribution in [0.4, 0.5) is 0 Å². The van der Waals surface area contributed by atoms with E-state index >= 15 is 0 Å². The van der Waals surface area contributed by atoms with Crippen LogP contribution < -0.4 is 16.4 Å². The number of nitrogens with one attached hydrogen (secondary N) is 2. The van der Waals surface area contributed by atoms with Crippen LogP contribution in [-0.4, -0.2) is 120 Å². The van der Waals surface area contributed by atoms with E-state index in [0.29, 0.717) is 91.1 Å². The summed E-state index contributed by atoms with van der Waals surface area (Å²) in [5, 5.41) is 23.8. The van der Waals surface area contributed by atoms with E-state index in [0.717, 1.165) is 37.2 Å². The first kappa shape index (κ1) is 60.5. The maximum atomic E-state index is 12.0. The van der Waals surface area contributed by atoms with Crippen molar-refractivity contribution in [2.45, 2.75) is 156 Å². The first-order chi connectivity index (χ1) is 29.5. The number of rotatable bonds is 45. The predicted octanol–water partition coefficient (Wildman–Crippen LogP) is 8.51. The van der Waals surface area contributed by atoms with E-state index in [1.54, 1.807) is 43.2 Å². The fraction of sp³-hybridized carbons (Fsp3) is 0.878. The van der Waals surface area contributed by atoms with Crippen LogP contribution in [0.1, 0.15) is 148 Å². The second-order valence-corrected chi connectivity index (χ2v) is 22.9. The quantitative estimate of drug-likeness (QED) is 0.0100. The monoisotopic (exact) mass is 979 g/mol. The number of ketones is 1. The highest BCUT2D eigenvalue weighted by atomic mass is 33.2. The lowest BCUT2D eigenvalue weighted by Gasteiger charge is -2.08. The fourth-order valence-corrected chi connectivity index (χ4v) is 11.4. The van der Waals surface area contributed by atoms with Crippen LogP contribution in [0, 0.1) is 0 Å². The molecule has 1 aliphatic heterocycles. The summed E-state index contributed by atoms with van der Waals surface area (Å²) in [5.41, 5.74) is 5.43. The van der Waals surface area contributed by atoms with E-state index in [4.69, 9.17) is 34.9 Å². The van der Waals surface area contributed by atoms with Crippen molar-refractivity contribution >= 4 is 98.0 Å². The number of aliphatic carboxylic acids is 2. The van der Waals surface area contributed by atoms with E-state index in [1.165, 1.54) is 70.6 Å². The Morgan fingerprint density at radius 3 is 1.59 bits per heavy atom. The van der Waals surface area contributed by atoms with E-state index in [9.17, 15) is 24.0 Å². The number of hydrogen-bond donors (Lipinski definition) is 7. The molecule has 1 rings (SSSR count). The lowest BCUT2D eigenvalue weighted by molar-refractivity contribution is -0.139. The number of Topliss-reactive ketones (excluding diaryl/α,β-unsaturated/α-hetero) is 1. The third-order valence-corrected chi connectivity index (χ3v) is 18.1. The minimum absolute atomic E-state index is 0.0168. The number of unbranched alkanes of at least 4 members (excludes halogenated alkanes) is 16. The summed E-state index contributed by atoms with van der Waals surface area (Å²) in [6, 6.07) is -0.873. The predicted molar refractivity (Wildman–Crippen MR) is 260 cm³/mol. The molecule has 1 fully saturated rings. The number of amides is 2. The Bertz CT molecular complexity index is 1120. The van der Waals surface area contributed by atoms with Gasteiger partial charge in [-0.05, 0) is 60.1 Å². The van der Waals surface area contributed by atoms with Gasteiger partial charge in [-0.3, -0.25) is 24.0 Å². The van der Waals surface area contributed by atoms with E-state index < -0.39 is 18.0 Å². The summed E-state index contributed by atoms with van der Waals surface area (Å²) in [6.07, 6.45) is 22.4. The number of nitrogens with two attached hydrogens (primary N) is 1. The summed E-state index contributed by atoms with van der Waals surface area (Å²) in [4.78, 5) is 56.8. The molecule has 0 aromatic carbocycles. The molecule has 0 aromatic rings. The molecule has 1 saturated heterocycles. The van der Waals surface area contributed by atoms with Crippen molar-refractivity contribution in [3.8, 4) is 0 Å². The van der Waals surface area contributed by atoms with Crippen LogP contribution in [-0.2, 0) is 42.9 Å². The van der Waals surface area contributed by atoms with E-state index in [-0.39, 0.29) is 40.2 Å². The van der Waals surface area contributed by atoms with E-state index in [2.05, 4.69) is 35.9 Å². The molecule has 1 atom stereocenters. The molecule has 0 aromatic heterocycles. The van der Waals surface area contributed by atoms with Crippen molar-refractivity contribution < 1.29 is 53.1 Å². The van der Waals surface area contributed by atoms with Gasteiger partial charge in [0, 0.05) is 44.0 Å². The van der Waals surface area contributed by atoms with Gasteiger partial charge in [-0.25, -0.2) is 0 Å². The van der Waals surface area contributed by atoms with Gasteiger partial charge in [0.1, 0.15) is 19.3 Å². The summed E-state index contributed by atoms with van der Waals surface area (Å²) in [7, 11) is 7.11. The molecule has 20 heteroatoms. The van der Waals surface area contributed by atoms with Crippen molar-refractivity contribution in [2.24, 2.45) is 5.73 Å². The minimum atomic E-state index is -1.02. The highest BCUT2D eigenvalue weighted by molar-refractivity contribution is 9.07. The zero-order valence-corrected chi connectivity index (χ0v) is 41.3. The molecule has 358 valence electrons. The summed E-state index contributed by atoms with van der Waals surface area (Å²) in [5.74, 6) is -1.92. The van der Waals surface area contributed by atoms with Gasteiger partial charge in [0.25, 0.3) is 0 Å². The van der Waals surface area contributed by atoms with Crippen molar-refractivity contribution in [3.63, 3.8) is 0 Å². The van der Waals surface area contributed by atoms with E-state index in [1.807, 2.05) is 0 Å². The lowest BCUT2D eigenvalue weighted by atomic mass is 10.0. The van der Waals surface area contributed by atoms with Gasteiger partial charge in [0.2, 0.25) is 11.8 Å². The van der Waals surface area contributed by atoms with Crippen LogP contribution in [0.15, 0.2) is 0 Å². The largest absolute Gasteiger partial charge is 0.481 e. The van der Waals surface area contributed by atoms with Crippen LogP contribution in [0.25, 0.3) is 0 Å². The average molecular weight is 980 g/mol. The zero-order valence-electron chi connectivity index (χ0n) is 36.3. The number of hydrogen-bond acceptors (Lipinski definition) is 16. The zero-order chi connectivity index (χ0) is 45.1. The van der Waals surface area contributed by atoms with Crippen molar-refractivity contribution in [3.05, 3.63) is 0 Å². The molecule has 0 aliphatic carbocycles. The Morgan fingerprint density at radius 1 is 0.574 bits per heavy atom. The fourth-order valence-electron chi connectivity index (χ4n) is 5.68. The molecule has 0 spiro atoms. The standard InChI is InChI=1S/C39H73N3O11.C2H4S6/c40-35(39(48)49)21-17-18-24-41-37(45)33-53-31-28-50-26-19-20-34(43)32-52-30-29-51-27-25-42-36(44)22-15-13-11-9-7-5-3-1-2-4-6-8-10-12-14-16-23-38(46)47;3-1-5-6-2(4)7-8-2/h35H,1-33,40H2,(H,41,45)(H,42,44)(H,46,47)(H,48,49);3-4H,1H2/t35-;/m0./s1. The molecule has 1 aliphatic rings. The molecule has 0 saturated carbocycles. The number of thiol groups is 2. The molecule has 61 heavy (non-hydrogen) atoms. The van der Waals surface area contributed by atoms with Gasteiger partial charge in [-0.1, -0.05) is 111 Å². The number of carbonyl (C=O) groups excluding carboxylic acids is 3. The third-order valence-electron chi connectivity index (χ3n) is 9.12. The Morgan fingerprint density at radius 2 is 1.07 bits per heavy atom. The molecular formula is C41H77N3O11S6. The number of carboxylic acid groups (broad SMARTS) is 2. The Hall–Kier alpha value is -0.550. The molecule has 14 nitrogen and oxygen atoms in total. The van der Waals surface area contributed by atoms with Gasteiger partial charge in [0.15, 0.2) is 8.53 Å². The second-order valence-electron chi connectivity index (χ2n) is 14.7. The van der Waals surface area contributed by atoms with Crippen molar-refractivity contribution in [1.29, 1.82) is 0 Å². The van der Waals surface area contributed by atoms with Crippen molar-refractivity contribution in [2.75, 3.05) is 71.0 Å². The Labute approximate surface area is 392 Å². The van der Waals surface area contributed by atoms with Gasteiger partial charge in [-0.2, -0.15) is 12.6 Å². The van der Waals surface area contributed by atoms with Gasteiger partial charge in [0.05, 0.1) is 33.0 Å². The van der Waals surface area contributed by atoms with Gasteiger partial charge < -0.3 is 45.5 Å². The number of carbonyl (C=O) groups is 5. The highest BCUT2D eigenvalue weighted by Gasteiger charge is 2.43. The second kappa shape index (κ2) is 44.6. The van der Waals surface area contributed by atoms with Gasteiger partial charge >= 0.3 is 11.9 Å². The van der Waals surface area contributed by atoms with Crippen LogP contribution in [0.2, 0.25) is 0 Å². The minimum Gasteiger partial charge on any atom is -0.481 e. The summed E-state index contributed by atoms with van der Waals surface area (Å²) in [6.45, 7) is 2.86. The topological polar surface area (TPSA) is 213 Å². The first-order valence-electron chi connectivity index (χ1n) is 22.1. The lowest BCUT2D eigenvalue weighted by Crippen LogP contribution is -2.31. The summed E-state index contributed by atoms with van der Waals surface area (Å²) < 4.78 is 21.7. The van der Waals surface area contributed by atoms with Crippen LogP contribution >= 0.6 is 68.4 Å². The third kappa shape index (κ3) is 47.2. The molecule has 2 amide bonds. The SMILES string of the molecule is N[C@@H](CCCCNC(=O)COCCOCCCC(=O)COCCOCCNC(=O)CCCCCCCCCCCCCCCCCCC(=O)O)C(=O)O.SCSSC1(S)SS1. The van der Waals surface area contributed by atoms with Gasteiger partial charge in [-0.15, -0.1) is 12.6 Å². The average Bonchev–Trinajstić information content (AvgIpc) is 3.97. The Kier molecular flexibility index (Phi) is 44.2.